The Morgan fingerprint density at radius 1 is 1.10 bits per heavy atom. The molecule has 0 N–H and O–H groups in total. The SMILES string of the molecule is C[N+](C)(C)Cc1cccn1Cc1ccccc1C#N.[I-]. The molecule has 0 atom stereocenters. The van der Waals surface area contributed by atoms with Gasteiger partial charge in [-0.25, -0.2) is 0 Å². The van der Waals surface area contributed by atoms with Gasteiger partial charge in [-0.3, -0.25) is 0 Å². The Balaban J connectivity index is 0.00000200. The monoisotopic (exact) mass is 381 g/mol. The van der Waals surface area contributed by atoms with Crippen LogP contribution in [0.1, 0.15) is 16.8 Å². The van der Waals surface area contributed by atoms with E-state index in [9.17, 15) is 0 Å². The van der Waals surface area contributed by atoms with Crippen molar-refractivity contribution in [2.45, 2.75) is 13.1 Å². The van der Waals surface area contributed by atoms with Crippen LogP contribution in [0, 0.1) is 11.3 Å². The van der Waals surface area contributed by atoms with Gasteiger partial charge in [0.05, 0.1) is 38.5 Å². The molecule has 1 aromatic heterocycles. The Labute approximate surface area is 138 Å². The van der Waals surface area contributed by atoms with Gasteiger partial charge >= 0.3 is 0 Å². The standard InChI is InChI=1S/C16H20N3.HI/c1-19(2,3)13-16-9-6-10-18(16)12-15-8-5-4-7-14(15)11-17;/h4-10H,12-13H2,1-3H3;1H/q+1;/p-1. The number of quaternary nitrogens is 1. The number of benzene rings is 1. The predicted molar refractivity (Wildman–Crippen MR) is 76.4 cm³/mol. The normalized spacial score (nSPS) is 10.7. The highest BCUT2D eigenvalue weighted by Gasteiger charge is 2.12. The summed E-state index contributed by atoms with van der Waals surface area (Å²) in [6.45, 7) is 1.73. The van der Waals surface area contributed by atoms with Crippen LogP contribution in [0.2, 0.25) is 0 Å². The molecule has 2 rings (SSSR count). The van der Waals surface area contributed by atoms with Crippen molar-refractivity contribution in [2.24, 2.45) is 0 Å². The lowest BCUT2D eigenvalue weighted by molar-refractivity contribution is -0.884. The number of hydrogen-bond acceptors (Lipinski definition) is 1. The average Bonchev–Trinajstić information content (AvgIpc) is 2.75. The molecule has 1 aromatic carbocycles. The van der Waals surface area contributed by atoms with E-state index in [0.717, 1.165) is 28.7 Å². The van der Waals surface area contributed by atoms with Crippen LogP contribution in [-0.2, 0) is 13.1 Å². The van der Waals surface area contributed by atoms with Crippen molar-refractivity contribution in [2.75, 3.05) is 21.1 Å². The maximum atomic E-state index is 9.14. The van der Waals surface area contributed by atoms with Gasteiger partial charge in [0.2, 0.25) is 0 Å². The molecular formula is C16H20IN3. The molecule has 106 valence electrons. The van der Waals surface area contributed by atoms with E-state index in [0.29, 0.717) is 0 Å². The molecule has 0 aliphatic heterocycles. The maximum absolute atomic E-state index is 9.14. The number of aromatic nitrogens is 1. The minimum atomic E-state index is 0. The predicted octanol–water partition coefficient (Wildman–Crippen LogP) is -0.382. The summed E-state index contributed by atoms with van der Waals surface area (Å²) >= 11 is 0. The Morgan fingerprint density at radius 3 is 2.45 bits per heavy atom. The van der Waals surface area contributed by atoms with Crippen LogP contribution in [0.5, 0.6) is 0 Å². The van der Waals surface area contributed by atoms with Gasteiger partial charge < -0.3 is 33.0 Å². The number of nitrogens with zero attached hydrogens (tertiary/aromatic N) is 3. The van der Waals surface area contributed by atoms with Crippen molar-refractivity contribution in [3.05, 3.63) is 59.4 Å². The number of halogens is 1. The first-order valence-electron chi connectivity index (χ1n) is 6.42. The van der Waals surface area contributed by atoms with E-state index < -0.39 is 0 Å². The van der Waals surface area contributed by atoms with Crippen LogP contribution in [0.4, 0.5) is 0 Å². The van der Waals surface area contributed by atoms with E-state index in [1.54, 1.807) is 0 Å². The second-order valence-corrected chi connectivity index (χ2v) is 5.84. The molecule has 20 heavy (non-hydrogen) atoms. The Bertz CT molecular complexity index is 603. The first kappa shape index (κ1) is 16.7. The largest absolute Gasteiger partial charge is 1.00 e. The van der Waals surface area contributed by atoms with Gasteiger partial charge in [-0.2, -0.15) is 5.26 Å². The molecule has 2 aromatic rings. The van der Waals surface area contributed by atoms with E-state index in [-0.39, 0.29) is 24.0 Å². The van der Waals surface area contributed by atoms with Crippen LogP contribution in [0.3, 0.4) is 0 Å². The van der Waals surface area contributed by atoms with Crippen LogP contribution >= 0.6 is 0 Å². The summed E-state index contributed by atoms with van der Waals surface area (Å²) in [6, 6.07) is 14.3. The Morgan fingerprint density at radius 2 is 1.80 bits per heavy atom. The molecule has 4 heteroatoms. The maximum Gasteiger partial charge on any atom is 0.119 e. The molecule has 0 spiro atoms. The third-order valence-corrected chi connectivity index (χ3v) is 3.04. The number of hydrogen-bond donors (Lipinski definition) is 0. The lowest BCUT2D eigenvalue weighted by Crippen LogP contribution is -3.00. The van der Waals surface area contributed by atoms with Crippen LogP contribution in [0.15, 0.2) is 42.6 Å². The van der Waals surface area contributed by atoms with Gasteiger partial charge in [-0.15, -0.1) is 0 Å². The molecule has 3 nitrogen and oxygen atoms in total. The average molecular weight is 381 g/mol. The molecule has 0 fully saturated rings. The second kappa shape index (κ2) is 6.91. The summed E-state index contributed by atoms with van der Waals surface area (Å²) in [7, 11) is 6.54. The van der Waals surface area contributed by atoms with Crippen molar-refractivity contribution in [1.82, 2.24) is 4.57 Å². The molecule has 0 aliphatic rings. The highest BCUT2D eigenvalue weighted by molar-refractivity contribution is 5.37. The number of nitriles is 1. The highest BCUT2D eigenvalue weighted by Crippen LogP contribution is 2.14. The third kappa shape index (κ3) is 4.36. The van der Waals surface area contributed by atoms with Gasteiger partial charge in [-0.05, 0) is 23.8 Å². The van der Waals surface area contributed by atoms with Crippen LogP contribution in [-0.4, -0.2) is 30.2 Å². The molecule has 0 bridgehead atoms. The summed E-state index contributed by atoms with van der Waals surface area (Å²) in [5.74, 6) is 0. The minimum absolute atomic E-state index is 0. The first-order valence-corrected chi connectivity index (χ1v) is 6.42. The molecule has 0 aliphatic carbocycles. The number of rotatable bonds is 4. The smallest absolute Gasteiger partial charge is 0.119 e. The fourth-order valence-corrected chi connectivity index (χ4v) is 2.18. The molecule has 1 heterocycles. The highest BCUT2D eigenvalue weighted by atomic mass is 127. The van der Waals surface area contributed by atoms with Crippen LogP contribution < -0.4 is 24.0 Å². The third-order valence-electron chi connectivity index (χ3n) is 3.04. The van der Waals surface area contributed by atoms with Crippen molar-refractivity contribution in [3.63, 3.8) is 0 Å². The first-order chi connectivity index (χ1) is 8.99. The van der Waals surface area contributed by atoms with E-state index in [4.69, 9.17) is 5.26 Å². The molecule has 0 amide bonds. The summed E-state index contributed by atoms with van der Waals surface area (Å²) < 4.78 is 3.11. The summed E-state index contributed by atoms with van der Waals surface area (Å²) in [5.41, 5.74) is 3.12. The van der Waals surface area contributed by atoms with Gasteiger partial charge in [-0.1, -0.05) is 18.2 Å². The fourth-order valence-electron chi connectivity index (χ4n) is 2.18. The molecule has 0 saturated carbocycles. The summed E-state index contributed by atoms with van der Waals surface area (Å²) in [4.78, 5) is 0. The molecule has 0 unspecified atom stereocenters. The minimum Gasteiger partial charge on any atom is -1.00 e. The Hall–Kier alpha value is -1.32. The zero-order valence-electron chi connectivity index (χ0n) is 12.2. The molecule has 0 saturated heterocycles. The Kier molecular flexibility index (Phi) is 5.78. The zero-order chi connectivity index (χ0) is 13.9. The summed E-state index contributed by atoms with van der Waals surface area (Å²) in [6.07, 6.45) is 2.08. The quantitative estimate of drug-likeness (QED) is 0.525. The second-order valence-electron chi connectivity index (χ2n) is 5.84. The van der Waals surface area contributed by atoms with Gasteiger partial charge in [0.25, 0.3) is 0 Å². The van der Waals surface area contributed by atoms with Crippen molar-refractivity contribution in [3.8, 4) is 6.07 Å². The lowest BCUT2D eigenvalue weighted by Gasteiger charge is -2.24. The van der Waals surface area contributed by atoms with Crippen molar-refractivity contribution in [1.29, 1.82) is 5.26 Å². The van der Waals surface area contributed by atoms with E-state index in [1.807, 2.05) is 24.3 Å². The van der Waals surface area contributed by atoms with Gasteiger partial charge in [0.1, 0.15) is 6.54 Å². The van der Waals surface area contributed by atoms with E-state index in [1.165, 1.54) is 5.69 Å². The van der Waals surface area contributed by atoms with E-state index in [2.05, 4.69) is 50.1 Å². The van der Waals surface area contributed by atoms with Crippen LogP contribution in [0.25, 0.3) is 0 Å². The van der Waals surface area contributed by atoms with E-state index >= 15 is 0 Å². The fraction of sp³-hybridized carbons (Fsp3) is 0.312. The topological polar surface area (TPSA) is 28.7 Å². The molecular weight excluding hydrogens is 361 g/mol. The molecule has 0 radical (unpaired) electrons. The van der Waals surface area contributed by atoms with Crippen molar-refractivity contribution >= 4 is 0 Å². The lowest BCUT2D eigenvalue weighted by atomic mass is 10.1. The zero-order valence-corrected chi connectivity index (χ0v) is 14.3. The van der Waals surface area contributed by atoms with Gasteiger partial charge in [0.15, 0.2) is 0 Å². The van der Waals surface area contributed by atoms with Gasteiger partial charge in [0, 0.05) is 12.7 Å². The van der Waals surface area contributed by atoms with Crippen molar-refractivity contribution < 1.29 is 28.5 Å². The summed E-state index contributed by atoms with van der Waals surface area (Å²) in [5, 5.41) is 9.14.